The van der Waals surface area contributed by atoms with Crippen LogP contribution < -0.4 is 11.3 Å². The van der Waals surface area contributed by atoms with Crippen molar-refractivity contribution in [3.63, 3.8) is 0 Å². The van der Waals surface area contributed by atoms with Crippen molar-refractivity contribution >= 4 is 33.5 Å². The van der Waals surface area contributed by atoms with Gasteiger partial charge in [-0.05, 0) is 31.2 Å². The summed E-state index contributed by atoms with van der Waals surface area (Å²) in [4.78, 5) is 10.4. The number of rotatable bonds is 3. The minimum atomic E-state index is -0.131. The first-order valence-corrected chi connectivity index (χ1v) is 8.21. The SMILES string of the molecule is Cc1c(NN)nc(C(C)(C)C)nc1Sc1ccc(Br)cc1. The second-order valence-electron chi connectivity index (χ2n) is 5.78. The Morgan fingerprint density at radius 1 is 1.14 bits per heavy atom. The summed E-state index contributed by atoms with van der Waals surface area (Å²) in [5, 5.41) is 0.921. The maximum absolute atomic E-state index is 5.59. The molecular weight excluding hydrogens is 348 g/mol. The second-order valence-corrected chi connectivity index (χ2v) is 7.75. The summed E-state index contributed by atoms with van der Waals surface area (Å²) >= 11 is 5.06. The highest BCUT2D eigenvalue weighted by atomic mass is 79.9. The number of nitrogens with one attached hydrogen (secondary N) is 1. The summed E-state index contributed by atoms with van der Waals surface area (Å²) in [5.41, 5.74) is 3.50. The fourth-order valence-corrected chi connectivity index (χ4v) is 2.83. The molecule has 0 fully saturated rings. The molecule has 0 amide bonds. The number of nitrogens with zero attached hydrogens (tertiary/aromatic N) is 2. The molecule has 0 radical (unpaired) electrons. The van der Waals surface area contributed by atoms with Crippen LogP contribution in [0.25, 0.3) is 0 Å². The van der Waals surface area contributed by atoms with E-state index in [2.05, 4.69) is 59.2 Å². The van der Waals surface area contributed by atoms with Crippen molar-refractivity contribution in [3.05, 3.63) is 40.1 Å². The van der Waals surface area contributed by atoms with Crippen LogP contribution in [-0.2, 0) is 5.41 Å². The zero-order valence-corrected chi connectivity index (χ0v) is 15.0. The van der Waals surface area contributed by atoms with Crippen LogP contribution in [0.15, 0.2) is 38.7 Å². The zero-order chi connectivity index (χ0) is 15.6. The maximum Gasteiger partial charge on any atom is 0.147 e. The third kappa shape index (κ3) is 3.96. The summed E-state index contributed by atoms with van der Waals surface area (Å²) in [6.07, 6.45) is 0. The third-order valence-electron chi connectivity index (χ3n) is 2.94. The van der Waals surface area contributed by atoms with Gasteiger partial charge in [-0.3, -0.25) is 0 Å². The number of halogens is 1. The molecule has 6 heteroatoms. The van der Waals surface area contributed by atoms with Crippen LogP contribution in [0.5, 0.6) is 0 Å². The van der Waals surface area contributed by atoms with E-state index in [0.29, 0.717) is 5.82 Å². The molecule has 0 saturated heterocycles. The number of hydrogen-bond acceptors (Lipinski definition) is 5. The normalized spacial score (nSPS) is 11.5. The van der Waals surface area contributed by atoms with Crippen LogP contribution in [0.4, 0.5) is 5.82 Å². The van der Waals surface area contributed by atoms with Crippen molar-refractivity contribution in [2.45, 2.75) is 43.0 Å². The number of nitrogens with two attached hydrogens (primary N) is 1. The molecule has 112 valence electrons. The van der Waals surface area contributed by atoms with Gasteiger partial charge >= 0.3 is 0 Å². The fourth-order valence-electron chi connectivity index (χ4n) is 1.69. The lowest BCUT2D eigenvalue weighted by molar-refractivity contribution is 0.538. The first kappa shape index (κ1) is 16.3. The van der Waals surface area contributed by atoms with Crippen LogP contribution >= 0.6 is 27.7 Å². The van der Waals surface area contributed by atoms with E-state index in [0.717, 1.165) is 25.8 Å². The van der Waals surface area contributed by atoms with E-state index >= 15 is 0 Å². The van der Waals surface area contributed by atoms with Crippen molar-refractivity contribution in [3.8, 4) is 0 Å². The highest BCUT2D eigenvalue weighted by molar-refractivity contribution is 9.10. The number of hydrogen-bond donors (Lipinski definition) is 2. The monoisotopic (exact) mass is 366 g/mol. The van der Waals surface area contributed by atoms with Gasteiger partial charge in [0.2, 0.25) is 0 Å². The lowest BCUT2D eigenvalue weighted by Gasteiger charge is -2.20. The van der Waals surface area contributed by atoms with E-state index in [1.54, 1.807) is 11.8 Å². The van der Waals surface area contributed by atoms with Gasteiger partial charge in [-0.15, -0.1) is 0 Å². The molecule has 3 N–H and O–H groups in total. The molecule has 1 aromatic carbocycles. The van der Waals surface area contributed by atoms with Gasteiger partial charge in [-0.2, -0.15) is 0 Å². The van der Waals surface area contributed by atoms with Gasteiger partial charge in [0, 0.05) is 20.3 Å². The molecule has 1 aromatic heterocycles. The minimum absolute atomic E-state index is 0.131. The standard InChI is InChI=1S/C15H19BrN4S/c1-9-12(20-17)18-14(15(2,3)4)19-13(9)21-11-7-5-10(16)6-8-11/h5-8H,17H2,1-4H3,(H,18,19,20). The highest BCUT2D eigenvalue weighted by Gasteiger charge is 2.21. The topological polar surface area (TPSA) is 63.8 Å². The molecular formula is C15H19BrN4S. The number of aromatic nitrogens is 2. The highest BCUT2D eigenvalue weighted by Crippen LogP contribution is 2.33. The molecule has 2 aromatic rings. The third-order valence-corrected chi connectivity index (χ3v) is 4.56. The Bertz CT molecular complexity index is 635. The van der Waals surface area contributed by atoms with E-state index < -0.39 is 0 Å². The van der Waals surface area contributed by atoms with Crippen molar-refractivity contribution in [1.82, 2.24) is 9.97 Å². The number of benzene rings is 1. The average Bonchev–Trinajstić information content (AvgIpc) is 2.42. The lowest BCUT2D eigenvalue weighted by atomic mass is 9.95. The van der Waals surface area contributed by atoms with Gasteiger partial charge in [0.25, 0.3) is 0 Å². The molecule has 0 atom stereocenters. The first-order chi connectivity index (χ1) is 9.81. The van der Waals surface area contributed by atoms with Crippen LogP contribution in [0, 0.1) is 6.92 Å². The molecule has 0 spiro atoms. The van der Waals surface area contributed by atoms with Crippen molar-refractivity contribution in [2.75, 3.05) is 5.43 Å². The molecule has 0 aliphatic heterocycles. The van der Waals surface area contributed by atoms with Crippen LogP contribution in [0.3, 0.4) is 0 Å². The summed E-state index contributed by atoms with van der Waals surface area (Å²) in [7, 11) is 0. The fraction of sp³-hybridized carbons (Fsp3) is 0.333. The smallest absolute Gasteiger partial charge is 0.147 e. The van der Waals surface area contributed by atoms with Gasteiger partial charge in [0.1, 0.15) is 16.7 Å². The quantitative estimate of drug-likeness (QED) is 0.482. The molecule has 1 heterocycles. The number of hydrazine groups is 1. The molecule has 0 aliphatic carbocycles. The molecule has 21 heavy (non-hydrogen) atoms. The van der Waals surface area contributed by atoms with Gasteiger partial charge in [-0.25, -0.2) is 15.8 Å². The van der Waals surface area contributed by atoms with Gasteiger partial charge in [-0.1, -0.05) is 48.5 Å². The second kappa shape index (κ2) is 6.34. The summed E-state index contributed by atoms with van der Waals surface area (Å²) in [5.74, 6) is 7.04. The molecule has 2 rings (SSSR count). The maximum atomic E-state index is 5.59. The summed E-state index contributed by atoms with van der Waals surface area (Å²) in [6, 6.07) is 8.16. The van der Waals surface area contributed by atoms with Crippen molar-refractivity contribution < 1.29 is 0 Å². The summed E-state index contributed by atoms with van der Waals surface area (Å²) < 4.78 is 1.06. The predicted molar refractivity (Wildman–Crippen MR) is 91.5 cm³/mol. The Hall–Kier alpha value is -1.11. The Morgan fingerprint density at radius 2 is 1.76 bits per heavy atom. The lowest BCUT2D eigenvalue weighted by Crippen LogP contribution is -2.20. The molecule has 0 saturated carbocycles. The number of nitrogen functional groups attached to an aromatic ring is 1. The van der Waals surface area contributed by atoms with Crippen molar-refractivity contribution in [2.24, 2.45) is 5.84 Å². The molecule has 0 aliphatic rings. The van der Waals surface area contributed by atoms with Crippen LogP contribution in [-0.4, -0.2) is 9.97 Å². The first-order valence-electron chi connectivity index (χ1n) is 6.60. The average molecular weight is 367 g/mol. The molecule has 0 bridgehead atoms. The van der Waals surface area contributed by atoms with Gasteiger partial charge in [0.05, 0.1) is 0 Å². The number of anilines is 1. The minimum Gasteiger partial charge on any atom is -0.308 e. The molecule has 4 nitrogen and oxygen atoms in total. The van der Waals surface area contributed by atoms with Crippen molar-refractivity contribution in [1.29, 1.82) is 0 Å². The van der Waals surface area contributed by atoms with Gasteiger partial charge in [0.15, 0.2) is 0 Å². The largest absolute Gasteiger partial charge is 0.308 e. The molecule has 0 unspecified atom stereocenters. The van der Waals surface area contributed by atoms with Crippen LogP contribution in [0.2, 0.25) is 0 Å². The van der Waals surface area contributed by atoms with Gasteiger partial charge < -0.3 is 5.43 Å². The Balaban J connectivity index is 2.44. The van der Waals surface area contributed by atoms with Crippen LogP contribution in [0.1, 0.15) is 32.2 Å². The zero-order valence-electron chi connectivity index (χ0n) is 12.6. The predicted octanol–water partition coefficient (Wildman–Crippen LogP) is 4.28. The van der Waals surface area contributed by atoms with E-state index in [9.17, 15) is 0 Å². The Kier molecular flexibility index (Phi) is 4.91. The van der Waals surface area contributed by atoms with E-state index in [-0.39, 0.29) is 5.41 Å². The Morgan fingerprint density at radius 3 is 2.29 bits per heavy atom. The summed E-state index contributed by atoms with van der Waals surface area (Å²) in [6.45, 7) is 8.24. The van der Waals surface area contributed by atoms with E-state index in [1.165, 1.54) is 0 Å². The van der Waals surface area contributed by atoms with E-state index in [1.807, 2.05) is 19.1 Å². The Labute approximate surface area is 138 Å². The van der Waals surface area contributed by atoms with E-state index in [4.69, 9.17) is 10.8 Å².